The van der Waals surface area contributed by atoms with Gasteiger partial charge in [0.25, 0.3) is 0 Å². The largest absolute Gasteiger partial charge is 0.379 e. The minimum absolute atomic E-state index is 0.732. The predicted molar refractivity (Wildman–Crippen MR) is 83.9 cm³/mol. The van der Waals surface area contributed by atoms with Gasteiger partial charge in [0.2, 0.25) is 0 Å². The summed E-state index contributed by atoms with van der Waals surface area (Å²) in [6.45, 7) is 2.76. The van der Waals surface area contributed by atoms with Crippen LogP contribution in [0.3, 0.4) is 0 Å². The zero-order valence-corrected chi connectivity index (χ0v) is 12.0. The highest BCUT2D eigenvalue weighted by Crippen LogP contribution is 2.23. The highest BCUT2D eigenvalue weighted by atomic mass is 32.1. The lowest BCUT2D eigenvalue weighted by Gasteiger charge is -2.06. The lowest BCUT2D eigenvalue weighted by Crippen LogP contribution is -2.00. The summed E-state index contributed by atoms with van der Waals surface area (Å²) >= 11 is 1.68. The molecular weight excluding hydrogens is 266 g/mol. The third-order valence-corrected chi connectivity index (χ3v) is 3.77. The summed E-state index contributed by atoms with van der Waals surface area (Å²) in [5.74, 6) is 0. The number of aryl methyl sites for hydroxylation is 1. The van der Waals surface area contributed by atoms with Crippen molar-refractivity contribution in [3.05, 3.63) is 64.7 Å². The number of nitrogens with one attached hydrogen (secondary N) is 1. The number of anilines is 1. The lowest BCUT2D eigenvalue weighted by atomic mass is 10.1. The summed E-state index contributed by atoms with van der Waals surface area (Å²) in [4.78, 5) is 8.78. The van der Waals surface area contributed by atoms with Gasteiger partial charge >= 0.3 is 0 Å². The molecule has 0 aliphatic rings. The molecule has 0 amide bonds. The van der Waals surface area contributed by atoms with E-state index < -0.39 is 0 Å². The van der Waals surface area contributed by atoms with Gasteiger partial charge in [0.15, 0.2) is 0 Å². The van der Waals surface area contributed by atoms with Crippen molar-refractivity contribution in [2.45, 2.75) is 13.5 Å². The summed E-state index contributed by atoms with van der Waals surface area (Å²) in [5, 5.41) is 6.55. The minimum Gasteiger partial charge on any atom is -0.379 e. The lowest BCUT2D eigenvalue weighted by molar-refractivity contribution is 1.05. The Morgan fingerprint density at radius 2 is 1.95 bits per heavy atom. The standard InChI is InChI=1S/C16H15N3S/c1-12-19-16(11-20-12)13-5-7-14(8-6-13)18-10-15-4-2-3-9-17-15/h2-9,11,18H,10H2,1H3. The number of hydrogen-bond donors (Lipinski definition) is 1. The van der Waals surface area contributed by atoms with Gasteiger partial charge in [0.1, 0.15) is 0 Å². The van der Waals surface area contributed by atoms with Crippen molar-refractivity contribution in [1.29, 1.82) is 0 Å². The maximum absolute atomic E-state index is 4.49. The molecule has 1 aromatic carbocycles. The predicted octanol–water partition coefficient (Wildman–Crippen LogP) is 4.13. The van der Waals surface area contributed by atoms with E-state index in [1.807, 2.05) is 31.3 Å². The van der Waals surface area contributed by atoms with Crippen molar-refractivity contribution >= 4 is 17.0 Å². The fourth-order valence-electron chi connectivity index (χ4n) is 1.95. The van der Waals surface area contributed by atoms with E-state index in [9.17, 15) is 0 Å². The van der Waals surface area contributed by atoms with Gasteiger partial charge in [0.05, 0.1) is 22.9 Å². The number of aromatic nitrogens is 2. The first-order chi connectivity index (χ1) is 9.81. The Balaban J connectivity index is 1.67. The van der Waals surface area contributed by atoms with Crippen LogP contribution in [0.5, 0.6) is 0 Å². The Labute approximate surface area is 122 Å². The van der Waals surface area contributed by atoms with E-state index in [4.69, 9.17) is 0 Å². The van der Waals surface area contributed by atoms with Crippen LogP contribution in [0.1, 0.15) is 10.7 Å². The van der Waals surface area contributed by atoms with Crippen molar-refractivity contribution in [2.24, 2.45) is 0 Å². The number of pyridine rings is 1. The number of rotatable bonds is 4. The smallest absolute Gasteiger partial charge is 0.0901 e. The molecule has 3 rings (SSSR count). The normalized spacial score (nSPS) is 10.4. The second kappa shape index (κ2) is 5.84. The Morgan fingerprint density at radius 1 is 1.10 bits per heavy atom. The second-order valence-corrected chi connectivity index (χ2v) is 5.57. The van der Waals surface area contributed by atoms with Crippen molar-refractivity contribution in [2.75, 3.05) is 5.32 Å². The Kier molecular flexibility index (Phi) is 3.74. The van der Waals surface area contributed by atoms with Gasteiger partial charge in [-0.25, -0.2) is 4.98 Å². The maximum atomic E-state index is 4.49. The molecule has 0 aliphatic carbocycles. The van der Waals surface area contributed by atoms with Crippen molar-refractivity contribution in [3.8, 4) is 11.3 Å². The Hall–Kier alpha value is -2.20. The van der Waals surface area contributed by atoms with Crippen LogP contribution in [0.15, 0.2) is 54.0 Å². The van der Waals surface area contributed by atoms with Crippen molar-refractivity contribution in [3.63, 3.8) is 0 Å². The molecule has 0 atom stereocenters. The summed E-state index contributed by atoms with van der Waals surface area (Å²) in [6, 6.07) is 14.3. The second-order valence-electron chi connectivity index (χ2n) is 4.50. The fourth-order valence-corrected chi connectivity index (χ4v) is 2.57. The SMILES string of the molecule is Cc1nc(-c2ccc(NCc3ccccn3)cc2)cs1. The highest BCUT2D eigenvalue weighted by molar-refractivity contribution is 7.09. The van der Waals surface area contributed by atoms with Crippen LogP contribution in [0.4, 0.5) is 5.69 Å². The van der Waals surface area contributed by atoms with E-state index >= 15 is 0 Å². The van der Waals surface area contributed by atoms with Gasteiger partial charge < -0.3 is 5.32 Å². The minimum atomic E-state index is 0.732. The van der Waals surface area contributed by atoms with E-state index in [2.05, 4.69) is 44.9 Å². The van der Waals surface area contributed by atoms with Crippen molar-refractivity contribution < 1.29 is 0 Å². The Bertz CT molecular complexity index is 674. The number of nitrogens with zero attached hydrogens (tertiary/aromatic N) is 2. The third kappa shape index (κ3) is 3.03. The molecule has 20 heavy (non-hydrogen) atoms. The molecule has 0 unspecified atom stereocenters. The Morgan fingerprint density at radius 3 is 2.60 bits per heavy atom. The zero-order chi connectivity index (χ0) is 13.8. The molecule has 100 valence electrons. The van der Waals surface area contributed by atoms with Crippen LogP contribution in [-0.2, 0) is 6.54 Å². The first kappa shape index (κ1) is 12.8. The van der Waals surface area contributed by atoms with Crippen LogP contribution < -0.4 is 5.32 Å². The molecule has 1 N–H and O–H groups in total. The molecule has 2 aromatic heterocycles. The van der Waals surface area contributed by atoms with E-state index in [1.165, 1.54) is 0 Å². The van der Waals surface area contributed by atoms with E-state index in [0.29, 0.717) is 0 Å². The van der Waals surface area contributed by atoms with Gasteiger partial charge in [-0.2, -0.15) is 0 Å². The number of benzene rings is 1. The topological polar surface area (TPSA) is 37.8 Å². The molecule has 3 nitrogen and oxygen atoms in total. The molecule has 3 aromatic rings. The molecule has 2 heterocycles. The summed E-state index contributed by atoms with van der Waals surface area (Å²) in [5.41, 5.74) is 4.32. The average Bonchev–Trinajstić information content (AvgIpc) is 2.93. The van der Waals surface area contributed by atoms with Gasteiger partial charge in [0, 0.05) is 22.8 Å². The highest BCUT2D eigenvalue weighted by Gasteiger charge is 2.02. The number of thiazole rings is 1. The van der Waals surface area contributed by atoms with E-state index in [0.717, 1.165) is 34.2 Å². The van der Waals surface area contributed by atoms with Crippen LogP contribution in [-0.4, -0.2) is 9.97 Å². The first-order valence-corrected chi connectivity index (χ1v) is 7.35. The van der Waals surface area contributed by atoms with Crippen LogP contribution in [0.2, 0.25) is 0 Å². The number of hydrogen-bond acceptors (Lipinski definition) is 4. The molecule has 0 saturated carbocycles. The quantitative estimate of drug-likeness (QED) is 0.781. The molecule has 0 radical (unpaired) electrons. The van der Waals surface area contributed by atoms with E-state index in [1.54, 1.807) is 11.3 Å². The molecule has 0 aliphatic heterocycles. The monoisotopic (exact) mass is 281 g/mol. The summed E-state index contributed by atoms with van der Waals surface area (Å²) in [6.07, 6.45) is 1.81. The maximum Gasteiger partial charge on any atom is 0.0901 e. The van der Waals surface area contributed by atoms with Crippen LogP contribution in [0.25, 0.3) is 11.3 Å². The molecule has 0 fully saturated rings. The van der Waals surface area contributed by atoms with Gasteiger partial charge in [-0.05, 0) is 31.2 Å². The van der Waals surface area contributed by atoms with Crippen LogP contribution in [0, 0.1) is 6.92 Å². The summed E-state index contributed by atoms with van der Waals surface area (Å²) in [7, 11) is 0. The molecule has 0 bridgehead atoms. The molecule has 4 heteroatoms. The first-order valence-electron chi connectivity index (χ1n) is 6.47. The van der Waals surface area contributed by atoms with E-state index in [-0.39, 0.29) is 0 Å². The molecular formula is C16H15N3S. The van der Waals surface area contributed by atoms with Gasteiger partial charge in [-0.3, -0.25) is 4.98 Å². The van der Waals surface area contributed by atoms with Gasteiger partial charge in [-0.1, -0.05) is 18.2 Å². The molecule has 0 spiro atoms. The third-order valence-electron chi connectivity index (χ3n) is 3.00. The zero-order valence-electron chi connectivity index (χ0n) is 11.2. The average molecular weight is 281 g/mol. The van der Waals surface area contributed by atoms with Crippen LogP contribution >= 0.6 is 11.3 Å². The van der Waals surface area contributed by atoms with Gasteiger partial charge in [-0.15, -0.1) is 11.3 Å². The van der Waals surface area contributed by atoms with Crippen molar-refractivity contribution in [1.82, 2.24) is 9.97 Å². The molecule has 0 saturated heterocycles. The fraction of sp³-hybridized carbons (Fsp3) is 0.125. The summed E-state index contributed by atoms with van der Waals surface area (Å²) < 4.78 is 0.